The Balaban J connectivity index is 1.95. The van der Waals surface area contributed by atoms with Crippen molar-refractivity contribution in [2.45, 2.75) is 64.0 Å². The smallest absolute Gasteiger partial charge is 0.416 e. The van der Waals surface area contributed by atoms with Crippen molar-refractivity contribution in [3.63, 3.8) is 0 Å². The molecule has 0 radical (unpaired) electrons. The van der Waals surface area contributed by atoms with Gasteiger partial charge < -0.3 is 5.11 Å². The number of carboxylic acids is 1. The zero-order valence-corrected chi connectivity index (χ0v) is 18.7. The summed E-state index contributed by atoms with van der Waals surface area (Å²) in [6, 6.07) is 8.21. The number of nitrogens with zero attached hydrogens (tertiary/aromatic N) is 1. The van der Waals surface area contributed by atoms with Crippen LogP contribution in [0.15, 0.2) is 42.5 Å². The fraction of sp³-hybridized carbons (Fsp3) is 0.480. The second-order valence-corrected chi connectivity index (χ2v) is 8.83. The number of piperidine rings is 1. The van der Waals surface area contributed by atoms with Crippen LogP contribution in [-0.2, 0) is 30.1 Å². The van der Waals surface area contributed by atoms with E-state index in [1.54, 1.807) is 6.07 Å². The summed E-state index contributed by atoms with van der Waals surface area (Å²) in [4.78, 5) is 13.0. The third-order valence-electron chi connectivity index (χ3n) is 6.30. The van der Waals surface area contributed by atoms with Gasteiger partial charge in [0.2, 0.25) is 0 Å². The van der Waals surface area contributed by atoms with E-state index in [4.69, 9.17) is 0 Å². The molecule has 1 fully saturated rings. The molecule has 0 bridgehead atoms. The maximum atomic E-state index is 13.7. The summed E-state index contributed by atoms with van der Waals surface area (Å²) in [7, 11) is 0. The molecule has 1 aliphatic rings. The maximum absolute atomic E-state index is 13.7. The van der Waals surface area contributed by atoms with Gasteiger partial charge in [-0.05, 0) is 66.6 Å². The molecule has 9 heteroatoms. The third-order valence-corrected chi connectivity index (χ3v) is 6.30. The maximum Gasteiger partial charge on any atom is 0.416 e. The Bertz CT molecular complexity index is 984. The molecule has 0 aliphatic carbocycles. The van der Waals surface area contributed by atoms with Gasteiger partial charge in [-0.25, -0.2) is 0 Å². The van der Waals surface area contributed by atoms with Gasteiger partial charge in [-0.1, -0.05) is 37.6 Å². The predicted molar refractivity (Wildman–Crippen MR) is 115 cm³/mol. The molecule has 0 spiro atoms. The molecule has 0 amide bonds. The van der Waals surface area contributed by atoms with Gasteiger partial charge in [-0.3, -0.25) is 9.69 Å². The molecule has 3 rings (SSSR count). The Kier molecular flexibility index (Phi) is 7.95. The van der Waals surface area contributed by atoms with Gasteiger partial charge in [-0.15, -0.1) is 0 Å². The Morgan fingerprint density at radius 1 is 1.03 bits per heavy atom. The standard InChI is InChI=1S/C25H27F6NO2/c1-2-3-16-4-9-21(25(29,30)31)19(12-16)15-32-11-10-17(14-23(33)34)13-22(32)18-5-7-20(8-6-18)24(26,27)28/h4-9,12,17,22H,2-3,10-11,13-15H2,1H3,(H,33,34)/t17-,22+/m0/s1. The highest BCUT2D eigenvalue weighted by Gasteiger charge is 2.37. The van der Waals surface area contributed by atoms with Crippen LogP contribution in [0.4, 0.5) is 26.3 Å². The van der Waals surface area contributed by atoms with Crippen molar-refractivity contribution in [3.8, 4) is 0 Å². The van der Waals surface area contributed by atoms with E-state index >= 15 is 0 Å². The number of likely N-dealkylation sites (tertiary alicyclic amines) is 1. The molecule has 0 aromatic heterocycles. The van der Waals surface area contributed by atoms with Crippen LogP contribution < -0.4 is 0 Å². The van der Waals surface area contributed by atoms with Crippen molar-refractivity contribution in [1.29, 1.82) is 0 Å². The van der Waals surface area contributed by atoms with Crippen LogP contribution in [0.5, 0.6) is 0 Å². The summed E-state index contributed by atoms with van der Waals surface area (Å²) >= 11 is 0. The minimum absolute atomic E-state index is 0.0299. The first kappa shape index (κ1) is 26.1. The number of aliphatic carboxylic acids is 1. The monoisotopic (exact) mass is 487 g/mol. The van der Waals surface area contributed by atoms with Crippen LogP contribution in [0, 0.1) is 5.92 Å². The number of halogens is 6. The average molecular weight is 487 g/mol. The third kappa shape index (κ3) is 6.52. The molecule has 1 N–H and O–H groups in total. The van der Waals surface area contributed by atoms with Gasteiger partial charge >= 0.3 is 18.3 Å². The number of benzene rings is 2. The molecule has 2 aromatic carbocycles. The van der Waals surface area contributed by atoms with Gasteiger partial charge in [0, 0.05) is 19.0 Å². The van der Waals surface area contributed by atoms with Crippen molar-refractivity contribution in [3.05, 3.63) is 70.3 Å². The summed E-state index contributed by atoms with van der Waals surface area (Å²) in [5.74, 6) is -1.19. The van der Waals surface area contributed by atoms with E-state index in [0.29, 0.717) is 31.4 Å². The molecule has 0 unspecified atom stereocenters. The number of carboxylic acid groups (broad SMARTS) is 1. The molecule has 1 saturated heterocycles. The van der Waals surface area contributed by atoms with Crippen LogP contribution in [-0.4, -0.2) is 22.5 Å². The molecular formula is C25H27F6NO2. The second kappa shape index (κ2) is 10.4. The van der Waals surface area contributed by atoms with E-state index in [1.165, 1.54) is 18.2 Å². The Hall–Kier alpha value is -2.55. The first-order valence-electron chi connectivity index (χ1n) is 11.2. The average Bonchev–Trinajstić information content (AvgIpc) is 2.73. The van der Waals surface area contributed by atoms with Crippen molar-refractivity contribution < 1.29 is 36.2 Å². The van der Waals surface area contributed by atoms with Crippen molar-refractivity contribution in [1.82, 2.24) is 4.90 Å². The molecule has 1 heterocycles. The van der Waals surface area contributed by atoms with Crippen LogP contribution in [0.1, 0.15) is 66.5 Å². The number of aryl methyl sites for hydroxylation is 1. The number of alkyl halides is 6. The van der Waals surface area contributed by atoms with E-state index in [2.05, 4.69) is 0 Å². The molecule has 0 saturated carbocycles. The van der Waals surface area contributed by atoms with Crippen molar-refractivity contribution in [2.75, 3.05) is 6.54 Å². The highest BCUT2D eigenvalue weighted by Crippen LogP contribution is 2.40. The molecular weight excluding hydrogens is 460 g/mol. The SMILES string of the molecule is CCCc1ccc(C(F)(F)F)c(CN2CC[C@H](CC(=O)O)C[C@@H]2c2ccc(C(F)(F)F)cc2)c1. The first-order valence-corrected chi connectivity index (χ1v) is 11.2. The van der Waals surface area contributed by atoms with Gasteiger partial charge in [0.1, 0.15) is 0 Å². The Morgan fingerprint density at radius 2 is 1.71 bits per heavy atom. The zero-order chi connectivity index (χ0) is 25.1. The number of carbonyl (C=O) groups is 1. The summed E-state index contributed by atoms with van der Waals surface area (Å²) in [5.41, 5.74) is -0.107. The Labute approximate surface area is 194 Å². The van der Waals surface area contributed by atoms with Crippen molar-refractivity contribution >= 4 is 5.97 Å². The Morgan fingerprint density at radius 3 is 2.26 bits per heavy atom. The van der Waals surface area contributed by atoms with E-state index in [9.17, 15) is 36.2 Å². The fourth-order valence-corrected chi connectivity index (χ4v) is 4.67. The minimum Gasteiger partial charge on any atom is -0.481 e. The largest absolute Gasteiger partial charge is 0.481 e. The van der Waals surface area contributed by atoms with E-state index < -0.39 is 35.5 Å². The first-order chi connectivity index (χ1) is 15.9. The summed E-state index contributed by atoms with van der Waals surface area (Å²) in [5, 5.41) is 9.19. The highest BCUT2D eigenvalue weighted by atomic mass is 19.4. The normalized spacial score (nSPS) is 19.9. The molecule has 34 heavy (non-hydrogen) atoms. The molecule has 2 atom stereocenters. The van der Waals surface area contributed by atoms with Gasteiger partial charge in [-0.2, -0.15) is 26.3 Å². The molecule has 1 aliphatic heterocycles. The summed E-state index contributed by atoms with van der Waals surface area (Å²) in [6.45, 7) is 2.25. The molecule has 3 nitrogen and oxygen atoms in total. The summed E-state index contributed by atoms with van der Waals surface area (Å²) < 4.78 is 80.2. The predicted octanol–water partition coefficient (Wildman–Crippen LogP) is 7.10. The number of hydrogen-bond acceptors (Lipinski definition) is 2. The quantitative estimate of drug-likeness (QED) is 0.424. The van der Waals surface area contributed by atoms with Gasteiger partial charge in [0.15, 0.2) is 0 Å². The zero-order valence-electron chi connectivity index (χ0n) is 18.7. The lowest BCUT2D eigenvalue weighted by Gasteiger charge is -2.40. The van der Waals surface area contributed by atoms with Gasteiger partial charge in [0.05, 0.1) is 11.1 Å². The molecule has 2 aromatic rings. The fourth-order valence-electron chi connectivity index (χ4n) is 4.67. The van der Waals surface area contributed by atoms with Crippen LogP contribution in [0.2, 0.25) is 0 Å². The second-order valence-electron chi connectivity index (χ2n) is 8.83. The van der Waals surface area contributed by atoms with E-state index in [1.807, 2.05) is 11.8 Å². The van der Waals surface area contributed by atoms with E-state index in [0.717, 1.165) is 30.2 Å². The lowest BCUT2D eigenvalue weighted by molar-refractivity contribution is -0.140. The van der Waals surface area contributed by atoms with Crippen LogP contribution in [0.25, 0.3) is 0 Å². The number of rotatable bonds is 7. The topological polar surface area (TPSA) is 40.5 Å². The number of hydrogen-bond donors (Lipinski definition) is 1. The minimum atomic E-state index is -4.54. The van der Waals surface area contributed by atoms with Crippen LogP contribution in [0.3, 0.4) is 0 Å². The lowest BCUT2D eigenvalue weighted by Crippen LogP contribution is -2.37. The lowest BCUT2D eigenvalue weighted by atomic mass is 9.84. The molecule has 186 valence electrons. The summed E-state index contributed by atoms with van der Waals surface area (Å²) in [6.07, 6.45) is -6.89. The van der Waals surface area contributed by atoms with Crippen LogP contribution >= 0.6 is 0 Å². The highest BCUT2D eigenvalue weighted by molar-refractivity contribution is 5.67. The van der Waals surface area contributed by atoms with Crippen molar-refractivity contribution in [2.24, 2.45) is 5.92 Å². The van der Waals surface area contributed by atoms with E-state index in [-0.39, 0.29) is 24.4 Å². The van der Waals surface area contributed by atoms with Gasteiger partial charge in [0.25, 0.3) is 0 Å².